The van der Waals surface area contributed by atoms with Crippen LogP contribution >= 0.6 is 0 Å². The molecule has 1 aliphatic rings. The Kier molecular flexibility index (Phi) is 3.59. The highest BCUT2D eigenvalue weighted by atomic mass is 19.1. The molecule has 0 aliphatic carbocycles. The van der Waals surface area contributed by atoms with Crippen molar-refractivity contribution in [3.63, 3.8) is 0 Å². The molecule has 2 aromatic rings. The quantitative estimate of drug-likeness (QED) is 0.845. The molecule has 0 spiro atoms. The van der Waals surface area contributed by atoms with Gasteiger partial charge in [-0.1, -0.05) is 12.1 Å². The van der Waals surface area contributed by atoms with Gasteiger partial charge in [0, 0.05) is 12.8 Å². The topological polar surface area (TPSA) is 18.5 Å². The van der Waals surface area contributed by atoms with Crippen LogP contribution in [0.3, 0.4) is 0 Å². The van der Waals surface area contributed by atoms with Crippen LogP contribution in [0.1, 0.15) is 16.7 Å². The number of hydrogen-bond donors (Lipinski definition) is 0. The number of ether oxygens (including phenoxy) is 2. The number of hydrogen-bond acceptors (Lipinski definition) is 2. The van der Waals surface area contributed by atoms with Crippen molar-refractivity contribution in [2.45, 2.75) is 19.8 Å². The minimum absolute atomic E-state index is 0.228. The summed E-state index contributed by atoms with van der Waals surface area (Å²) in [5.41, 5.74) is 3.35. The summed E-state index contributed by atoms with van der Waals surface area (Å²) in [7, 11) is 0. The maximum Gasteiger partial charge on any atom is 0.123 e. The van der Waals surface area contributed by atoms with Crippen molar-refractivity contribution in [1.82, 2.24) is 0 Å². The van der Waals surface area contributed by atoms with Gasteiger partial charge in [0.25, 0.3) is 0 Å². The van der Waals surface area contributed by atoms with Gasteiger partial charge in [-0.25, -0.2) is 4.39 Å². The van der Waals surface area contributed by atoms with Gasteiger partial charge < -0.3 is 9.47 Å². The summed E-state index contributed by atoms with van der Waals surface area (Å²) in [4.78, 5) is 0. The summed E-state index contributed by atoms with van der Waals surface area (Å²) in [6, 6.07) is 10.9. The molecule has 3 heteroatoms. The van der Waals surface area contributed by atoms with Crippen molar-refractivity contribution in [1.29, 1.82) is 0 Å². The standard InChI is InChI=1S/C17H17FO2/c1-12-10-15(18)3-5-16(12)19-8-6-13-2-4-17-14(11-13)7-9-20-17/h2-5,10-11H,6-9H2,1H3. The molecular weight excluding hydrogens is 255 g/mol. The Morgan fingerprint density at radius 3 is 2.95 bits per heavy atom. The Balaban J connectivity index is 1.60. The molecule has 104 valence electrons. The molecule has 1 aliphatic heterocycles. The highest BCUT2D eigenvalue weighted by Gasteiger charge is 2.11. The molecule has 0 atom stereocenters. The zero-order valence-corrected chi connectivity index (χ0v) is 11.5. The van der Waals surface area contributed by atoms with Gasteiger partial charge in [-0.3, -0.25) is 0 Å². The van der Waals surface area contributed by atoms with Crippen LogP contribution in [0.4, 0.5) is 4.39 Å². The molecular formula is C17H17FO2. The number of fused-ring (bicyclic) bond motifs is 1. The molecule has 0 fully saturated rings. The summed E-state index contributed by atoms with van der Waals surface area (Å²) < 4.78 is 24.2. The average molecular weight is 272 g/mol. The summed E-state index contributed by atoms with van der Waals surface area (Å²) >= 11 is 0. The molecule has 2 nitrogen and oxygen atoms in total. The molecule has 0 aromatic heterocycles. The van der Waals surface area contributed by atoms with E-state index in [1.54, 1.807) is 6.07 Å². The fraction of sp³-hybridized carbons (Fsp3) is 0.294. The minimum Gasteiger partial charge on any atom is -0.493 e. The van der Waals surface area contributed by atoms with Crippen LogP contribution in [-0.4, -0.2) is 13.2 Å². The second-order valence-corrected chi connectivity index (χ2v) is 5.05. The van der Waals surface area contributed by atoms with Crippen LogP contribution in [0.15, 0.2) is 36.4 Å². The molecule has 0 radical (unpaired) electrons. The predicted molar refractivity (Wildman–Crippen MR) is 76.0 cm³/mol. The summed E-state index contributed by atoms with van der Waals surface area (Å²) in [5, 5.41) is 0. The van der Waals surface area contributed by atoms with Gasteiger partial charge in [0.15, 0.2) is 0 Å². The van der Waals surface area contributed by atoms with E-state index < -0.39 is 0 Å². The molecule has 0 unspecified atom stereocenters. The van der Waals surface area contributed by atoms with E-state index in [-0.39, 0.29) is 5.82 Å². The number of rotatable bonds is 4. The highest BCUT2D eigenvalue weighted by molar-refractivity contribution is 5.40. The lowest BCUT2D eigenvalue weighted by Crippen LogP contribution is -2.03. The SMILES string of the molecule is Cc1cc(F)ccc1OCCc1ccc2c(c1)CCO2. The van der Waals surface area contributed by atoms with Gasteiger partial charge in [-0.2, -0.15) is 0 Å². The predicted octanol–water partition coefficient (Wildman–Crippen LogP) is 3.69. The van der Waals surface area contributed by atoms with E-state index in [1.807, 2.05) is 13.0 Å². The van der Waals surface area contributed by atoms with Crippen LogP contribution in [0, 0.1) is 12.7 Å². The molecule has 1 heterocycles. The van der Waals surface area contributed by atoms with Crippen LogP contribution in [0.2, 0.25) is 0 Å². The van der Waals surface area contributed by atoms with Crippen molar-refractivity contribution in [3.8, 4) is 11.5 Å². The first-order valence-electron chi connectivity index (χ1n) is 6.86. The third-order valence-electron chi connectivity index (χ3n) is 3.54. The molecule has 0 N–H and O–H groups in total. The zero-order valence-electron chi connectivity index (χ0n) is 11.5. The van der Waals surface area contributed by atoms with E-state index in [2.05, 4.69) is 12.1 Å². The molecule has 0 saturated carbocycles. The Hall–Kier alpha value is -2.03. The molecule has 3 rings (SSSR count). The monoisotopic (exact) mass is 272 g/mol. The van der Waals surface area contributed by atoms with Gasteiger partial charge in [-0.05, 0) is 47.9 Å². The van der Waals surface area contributed by atoms with Crippen molar-refractivity contribution >= 4 is 0 Å². The number of aryl methyl sites for hydroxylation is 1. The number of benzene rings is 2. The second-order valence-electron chi connectivity index (χ2n) is 5.05. The molecule has 20 heavy (non-hydrogen) atoms. The van der Waals surface area contributed by atoms with Crippen molar-refractivity contribution in [3.05, 3.63) is 58.9 Å². The first kappa shape index (κ1) is 13.0. The molecule has 0 saturated heterocycles. The Morgan fingerprint density at radius 2 is 2.10 bits per heavy atom. The van der Waals surface area contributed by atoms with E-state index >= 15 is 0 Å². The first-order valence-corrected chi connectivity index (χ1v) is 6.86. The third kappa shape index (κ3) is 2.77. The average Bonchev–Trinajstić information content (AvgIpc) is 2.89. The molecule has 2 aromatic carbocycles. The van der Waals surface area contributed by atoms with Gasteiger partial charge in [0.05, 0.1) is 13.2 Å². The smallest absolute Gasteiger partial charge is 0.123 e. The van der Waals surface area contributed by atoms with Gasteiger partial charge in [-0.15, -0.1) is 0 Å². The fourth-order valence-electron chi connectivity index (χ4n) is 2.45. The van der Waals surface area contributed by atoms with Crippen LogP contribution in [0.5, 0.6) is 11.5 Å². The third-order valence-corrected chi connectivity index (χ3v) is 3.54. The lowest BCUT2D eigenvalue weighted by atomic mass is 10.1. The van der Waals surface area contributed by atoms with Crippen molar-refractivity contribution < 1.29 is 13.9 Å². The Bertz CT molecular complexity index is 622. The maximum absolute atomic E-state index is 13.0. The summed E-state index contributed by atoms with van der Waals surface area (Å²) in [5.74, 6) is 1.52. The van der Waals surface area contributed by atoms with E-state index in [1.165, 1.54) is 23.3 Å². The highest BCUT2D eigenvalue weighted by Crippen LogP contribution is 2.26. The fourth-order valence-corrected chi connectivity index (χ4v) is 2.45. The zero-order chi connectivity index (χ0) is 13.9. The van der Waals surface area contributed by atoms with E-state index in [9.17, 15) is 4.39 Å². The molecule has 0 bridgehead atoms. The van der Waals surface area contributed by atoms with Crippen LogP contribution in [-0.2, 0) is 12.8 Å². The summed E-state index contributed by atoms with van der Waals surface area (Å²) in [6.07, 6.45) is 1.82. The first-order chi connectivity index (χ1) is 9.72. The Labute approximate surface area is 118 Å². The second kappa shape index (κ2) is 5.53. The largest absolute Gasteiger partial charge is 0.493 e. The summed E-state index contributed by atoms with van der Waals surface area (Å²) in [6.45, 7) is 3.22. The molecule has 0 amide bonds. The van der Waals surface area contributed by atoms with Crippen molar-refractivity contribution in [2.75, 3.05) is 13.2 Å². The van der Waals surface area contributed by atoms with E-state index in [0.717, 1.165) is 36.5 Å². The maximum atomic E-state index is 13.0. The Morgan fingerprint density at radius 1 is 1.20 bits per heavy atom. The normalized spacial score (nSPS) is 12.9. The van der Waals surface area contributed by atoms with E-state index in [4.69, 9.17) is 9.47 Å². The number of halogens is 1. The van der Waals surface area contributed by atoms with Gasteiger partial charge in [0.1, 0.15) is 17.3 Å². The van der Waals surface area contributed by atoms with E-state index in [0.29, 0.717) is 6.61 Å². The van der Waals surface area contributed by atoms with Gasteiger partial charge >= 0.3 is 0 Å². The van der Waals surface area contributed by atoms with Gasteiger partial charge in [0.2, 0.25) is 0 Å². The van der Waals surface area contributed by atoms with Crippen molar-refractivity contribution in [2.24, 2.45) is 0 Å². The van der Waals surface area contributed by atoms with Crippen LogP contribution in [0.25, 0.3) is 0 Å². The lowest BCUT2D eigenvalue weighted by molar-refractivity contribution is 0.319. The lowest BCUT2D eigenvalue weighted by Gasteiger charge is -2.09. The minimum atomic E-state index is -0.228. The van der Waals surface area contributed by atoms with Crippen LogP contribution < -0.4 is 9.47 Å².